The topological polar surface area (TPSA) is 57.6 Å². The Morgan fingerprint density at radius 1 is 1.24 bits per heavy atom. The van der Waals surface area contributed by atoms with E-state index in [0.717, 1.165) is 31.0 Å². The molecule has 0 aliphatic carbocycles. The number of piperidine rings is 1. The molecule has 114 valence electrons. The van der Waals surface area contributed by atoms with Crippen molar-refractivity contribution in [2.75, 3.05) is 13.1 Å². The minimum absolute atomic E-state index is 0.00798. The van der Waals surface area contributed by atoms with Crippen LogP contribution in [0.2, 0.25) is 0 Å². The van der Waals surface area contributed by atoms with Crippen LogP contribution in [0.4, 0.5) is 8.78 Å². The summed E-state index contributed by atoms with van der Waals surface area (Å²) in [6.45, 7) is 0.963. The molecule has 1 amide bonds. The van der Waals surface area contributed by atoms with Crippen LogP contribution in [0.25, 0.3) is 0 Å². The number of carboxylic acids is 1. The Balaban J connectivity index is 2.03. The molecule has 1 aliphatic heterocycles. The van der Waals surface area contributed by atoms with Gasteiger partial charge in [-0.25, -0.2) is 8.78 Å². The first kappa shape index (κ1) is 15.4. The Morgan fingerprint density at radius 2 is 1.90 bits per heavy atom. The second kappa shape index (κ2) is 6.65. The third-order valence-electron chi connectivity index (χ3n) is 3.68. The van der Waals surface area contributed by atoms with Crippen LogP contribution in [0.3, 0.4) is 0 Å². The molecule has 1 unspecified atom stereocenters. The molecule has 0 aromatic heterocycles. The molecular formula is C15H17F2NO3. The summed E-state index contributed by atoms with van der Waals surface area (Å²) < 4.78 is 26.3. The predicted molar refractivity (Wildman–Crippen MR) is 71.9 cm³/mol. The standard InChI is InChI=1S/C15H17F2NO3/c16-12-6-11(7-13(17)8-12)15(21)18-5-1-2-10(9-18)3-4-14(19)20/h6-8,10H,1-5,9H2,(H,19,20). The molecular weight excluding hydrogens is 280 g/mol. The van der Waals surface area contributed by atoms with Crippen molar-refractivity contribution in [3.8, 4) is 0 Å². The van der Waals surface area contributed by atoms with Gasteiger partial charge >= 0.3 is 5.97 Å². The van der Waals surface area contributed by atoms with E-state index in [4.69, 9.17) is 5.11 Å². The second-order valence-electron chi connectivity index (χ2n) is 5.35. The largest absolute Gasteiger partial charge is 0.481 e. The van der Waals surface area contributed by atoms with Gasteiger partial charge < -0.3 is 10.0 Å². The van der Waals surface area contributed by atoms with Crippen molar-refractivity contribution in [3.05, 3.63) is 35.4 Å². The van der Waals surface area contributed by atoms with Crippen molar-refractivity contribution >= 4 is 11.9 Å². The van der Waals surface area contributed by atoms with Crippen molar-refractivity contribution in [1.82, 2.24) is 4.90 Å². The van der Waals surface area contributed by atoms with Crippen LogP contribution in [0.5, 0.6) is 0 Å². The van der Waals surface area contributed by atoms with E-state index in [1.807, 2.05) is 0 Å². The van der Waals surface area contributed by atoms with Gasteiger partial charge in [-0.1, -0.05) is 0 Å². The zero-order chi connectivity index (χ0) is 15.4. The Hall–Kier alpha value is -1.98. The number of carboxylic acid groups (broad SMARTS) is 1. The first-order valence-corrected chi connectivity index (χ1v) is 6.93. The lowest BCUT2D eigenvalue weighted by molar-refractivity contribution is -0.137. The van der Waals surface area contributed by atoms with E-state index >= 15 is 0 Å². The Bertz CT molecular complexity index is 527. The van der Waals surface area contributed by atoms with Crippen LogP contribution in [0.1, 0.15) is 36.0 Å². The maximum atomic E-state index is 13.2. The highest BCUT2D eigenvalue weighted by atomic mass is 19.1. The minimum atomic E-state index is -0.856. The molecule has 4 nitrogen and oxygen atoms in total. The summed E-state index contributed by atoms with van der Waals surface area (Å²) in [5.74, 6) is -2.70. The fraction of sp³-hybridized carbons (Fsp3) is 0.467. The number of carbonyl (C=O) groups excluding carboxylic acids is 1. The van der Waals surface area contributed by atoms with Crippen LogP contribution >= 0.6 is 0 Å². The number of likely N-dealkylation sites (tertiary alicyclic amines) is 1. The molecule has 1 atom stereocenters. The Morgan fingerprint density at radius 3 is 2.52 bits per heavy atom. The lowest BCUT2D eigenvalue weighted by Gasteiger charge is -2.32. The van der Waals surface area contributed by atoms with Crippen molar-refractivity contribution in [2.24, 2.45) is 5.92 Å². The summed E-state index contributed by atoms with van der Waals surface area (Å²) in [6.07, 6.45) is 2.22. The molecule has 1 saturated heterocycles. The molecule has 1 aromatic rings. The van der Waals surface area contributed by atoms with E-state index in [-0.39, 0.29) is 17.9 Å². The summed E-state index contributed by atoms with van der Waals surface area (Å²) in [5.41, 5.74) is -0.00798. The molecule has 6 heteroatoms. The molecule has 1 N–H and O–H groups in total. The van der Waals surface area contributed by atoms with Crippen LogP contribution in [0, 0.1) is 17.6 Å². The zero-order valence-corrected chi connectivity index (χ0v) is 11.5. The molecule has 0 spiro atoms. The first-order chi connectivity index (χ1) is 9.95. The van der Waals surface area contributed by atoms with Crippen LogP contribution in [-0.2, 0) is 4.79 Å². The van der Waals surface area contributed by atoms with Crippen molar-refractivity contribution < 1.29 is 23.5 Å². The van der Waals surface area contributed by atoms with Gasteiger partial charge in [0, 0.05) is 31.1 Å². The van der Waals surface area contributed by atoms with E-state index in [1.54, 1.807) is 4.90 Å². The van der Waals surface area contributed by atoms with Gasteiger partial charge in [0.2, 0.25) is 0 Å². The quantitative estimate of drug-likeness (QED) is 0.929. The highest BCUT2D eigenvalue weighted by molar-refractivity contribution is 5.94. The molecule has 2 rings (SSSR count). The number of amides is 1. The number of hydrogen-bond acceptors (Lipinski definition) is 2. The Kier molecular flexibility index (Phi) is 4.88. The average molecular weight is 297 g/mol. The number of nitrogens with zero attached hydrogens (tertiary/aromatic N) is 1. The van der Waals surface area contributed by atoms with Gasteiger partial charge in [-0.05, 0) is 37.3 Å². The minimum Gasteiger partial charge on any atom is -0.481 e. The first-order valence-electron chi connectivity index (χ1n) is 6.93. The predicted octanol–water partition coefficient (Wildman–Crippen LogP) is 2.68. The number of aliphatic carboxylic acids is 1. The van der Waals surface area contributed by atoms with Crippen molar-refractivity contribution in [1.29, 1.82) is 0 Å². The van der Waals surface area contributed by atoms with E-state index in [9.17, 15) is 18.4 Å². The van der Waals surface area contributed by atoms with Crippen molar-refractivity contribution in [2.45, 2.75) is 25.7 Å². The van der Waals surface area contributed by atoms with E-state index in [0.29, 0.717) is 19.5 Å². The molecule has 1 fully saturated rings. The zero-order valence-electron chi connectivity index (χ0n) is 11.5. The fourth-order valence-electron chi connectivity index (χ4n) is 2.67. The third kappa shape index (κ3) is 4.24. The fourth-order valence-corrected chi connectivity index (χ4v) is 2.67. The second-order valence-corrected chi connectivity index (χ2v) is 5.35. The van der Waals surface area contributed by atoms with Gasteiger partial charge in [0.15, 0.2) is 0 Å². The summed E-state index contributed by atoms with van der Waals surface area (Å²) in [4.78, 5) is 24.4. The maximum Gasteiger partial charge on any atom is 0.303 e. The maximum absolute atomic E-state index is 13.2. The molecule has 0 bridgehead atoms. The van der Waals surface area contributed by atoms with Gasteiger partial charge in [-0.15, -0.1) is 0 Å². The lowest BCUT2D eigenvalue weighted by Crippen LogP contribution is -2.40. The third-order valence-corrected chi connectivity index (χ3v) is 3.68. The highest BCUT2D eigenvalue weighted by Gasteiger charge is 2.25. The van der Waals surface area contributed by atoms with Crippen LogP contribution < -0.4 is 0 Å². The van der Waals surface area contributed by atoms with Crippen LogP contribution in [-0.4, -0.2) is 35.0 Å². The van der Waals surface area contributed by atoms with Gasteiger partial charge in [0.1, 0.15) is 11.6 Å². The Labute approximate surface area is 121 Å². The van der Waals surface area contributed by atoms with Gasteiger partial charge in [-0.2, -0.15) is 0 Å². The molecule has 21 heavy (non-hydrogen) atoms. The smallest absolute Gasteiger partial charge is 0.303 e. The lowest BCUT2D eigenvalue weighted by atomic mass is 9.93. The summed E-state index contributed by atoms with van der Waals surface area (Å²) in [6, 6.07) is 2.77. The number of benzene rings is 1. The number of halogens is 2. The molecule has 0 saturated carbocycles. The molecule has 1 aliphatic rings. The summed E-state index contributed by atoms with van der Waals surface area (Å²) in [5, 5.41) is 8.69. The van der Waals surface area contributed by atoms with Gasteiger partial charge in [0.05, 0.1) is 0 Å². The van der Waals surface area contributed by atoms with Gasteiger partial charge in [-0.3, -0.25) is 9.59 Å². The highest BCUT2D eigenvalue weighted by Crippen LogP contribution is 2.23. The van der Waals surface area contributed by atoms with Crippen LogP contribution in [0.15, 0.2) is 18.2 Å². The van der Waals surface area contributed by atoms with Crippen molar-refractivity contribution in [3.63, 3.8) is 0 Å². The summed E-state index contributed by atoms with van der Waals surface area (Å²) in [7, 11) is 0. The van der Waals surface area contributed by atoms with Gasteiger partial charge in [0.25, 0.3) is 5.91 Å². The molecule has 1 heterocycles. The summed E-state index contributed by atoms with van der Waals surface area (Å²) >= 11 is 0. The van der Waals surface area contributed by atoms with E-state index in [2.05, 4.69) is 0 Å². The SMILES string of the molecule is O=C(O)CCC1CCCN(C(=O)c2cc(F)cc(F)c2)C1. The molecule has 1 aromatic carbocycles. The molecule has 0 radical (unpaired) electrons. The normalized spacial score (nSPS) is 18.6. The number of carbonyl (C=O) groups is 2. The monoisotopic (exact) mass is 297 g/mol. The number of hydrogen-bond donors (Lipinski definition) is 1. The number of rotatable bonds is 4. The van der Waals surface area contributed by atoms with E-state index in [1.165, 1.54) is 0 Å². The average Bonchev–Trinajstić information content (AvgIpc) is 2.43. The van der Waals surface area contributed by atoms with E-state index < -0.39 is 23.5 Å².